The number of hydrogen-bond donors (Lipinski definition) is 2. The first kappa shape index (κ1) is 19.7. The summed E-state index contributed by atoms with van der Waals surface area (Å²) in [4.78, 5) is 21.8. The number of H-pyrrole nitrogens is 1. The van der Waals surface area contributed by atoms with E-state index in [0.717, 1.165) is 59.4 Å². The van der Waals surface area contributed by atoms with Crippen LogP contribution in [-0.2, 0) is 11.3 Å². The Balaban J connectivity index is 1.28. The first-order chi connectivity index (χ1) is 15.1. The van der Waals surface area contributed by atoms with Crippen molar-refractivity contribution >= 4 is 22.5 Å². The van der Waals surface area contributed by atoms with Gasteiger partial charge in [-0.3, -0.25) is 4.79 Å². The first-order valence-electron chi connectivity index (χ1n) is 10.8. The smallest absolute Gasteiger partial charge is 0.236 e. The highest BCUT2D eigenvalue weighted by Crippen LogP contribution is 2.38. The zero-order valence-corrected chi connectivity index (χ0v) is 17.6. The molecule has 9 nitrogen and oxygen atoms in total. The molecule has 0 aromatic carbocycles. The SMILES string of the molecule is Cc1ccc(CN(C[C@H]2CC[C@H](c3nnn4cnc5[nH]ccc5c34)CC2)C(=O)CN)o1. The molecule has 162 valence electrons. The second kappa shape index (κ2) is 8.14. The Labute approximate surface area is 179 Å². The number of nitrogens with one attached hydrogen (secondary N) is 1. The highest BCUT2D eigenvalue weighted by atomic mass is 16.3. The first-order valence-corrected chi connectivity index (χ1v) is 10.8. The van der Waals surface area contributed by atoms with Gasteiger partial charge in [0.15, 0.2) is 0 Å². The number of furan rings is 1. The van der Waals surface area contributed by atoms with Gasteiger partial charge < -0.3 is 20.0 Å². The minimum Gasteiger partial charge on any atom is -0.464 e. The van der Waals surface area contributed by atoms with Crippen molar-refractivity contribution in [1.82, 2.24) is 29.7 Å². The number of carbonyl (C=O) groups excluding carboxylic acids is 1. The lowest BCUT2D eigenvalue weighted by atomic mass is 9.80. The molecule has 1 fully saturated rings. The lowest BCUT2D eigenvalue weighted by molar-refractivity contribution is -0.131. The van der Waals surface area contributed by atoms with Crippen molar-refractivity contribution in [1.29, 1.82) is 0 Å². The largest absolute Gasteiger partial charge is 0.464 e. The quantitative estimate of drug-likeness (QED) is 0.494. The summed E-state index contributed by atoms with van der Waals surface area (Å²) in [6, 6.07) is 5.88. The van der Waals surface area contributed by atoms with E-state index < -0.39 is 0 Å². The van der Waals surface area contributed by atoms with Gasteiger partial charge in [0.05, 0.1) is 18.8 Å². The second-order valence-electron chi connectivity index (χ2n) is 8.46. The summed E-state index contributed by atoms with van der Waals surface area (Å²) >= 11 is 0. The van der Waals surface area contributed by atoms with Crippen LogP contribution in [0.4, 0.5) is 0 Å². The Morgan fingerprint density at radius 1 is 1.29 bits per heavy atom. The van der Waals surface area contributed by atoms with Gasteiger partial charge >= 0.3 is 0 Å². The Bertz CT molecular complexity index is 1200. The van der Waals surface area contributed by atoms with Gasteiger partial charge in [0.1, 0.15) is 29.0 Å². The van der Waals surface area contributed by atoms with Gasteiger partial charge in [-0.25, -0.2) is 9.50 Å². The van der Waals surface area contributed by atoms with Crippen LogP contribution in [0.5, 0.6) is 0 Å². The van der Waals surface area contributed by atoms with Crippen molar-refractivity contribution in [3.8, 4) is 0 Å². The van der Waals surface area contributed by atoms with Crippen LogP contribution in [-0.4, -0.2) is 48.7 Å². The molecule has 31 heavy (non-hydrogen) atoms. The average molecular weight is 422 g/mol. The van der Waals surface area contributed by atoms with Crippen molar-refractivity contribution in [3.63, 3.8) is 0 Å². The zero-order chi connectivity index (χ0) is 21.4. The third-order valence-electron chi connectivity index (χ3n) is 6.38. The predicted octanol–water partition coefficient (Wildman–Crippen LogP) is 2.77. The number of carbonyl (C=O) groups is 1. The average Bonchev–Trinajstić information content (AvgIpc) is 3.52. The fourth-order valence-corrected chi connectivity index (χ4v) is 4.77. The molecule has 9 heteroatoms. The Morgan fingerprint density at radius 2 is 2.13 bits per heavy atom. The number of rotatable bonds is 6. The molecule has 4 heterocycles. The van der Waals surface area contributed by atoms with E-state index in [4.69, 9.17) is 10.2 Å². The highest BCUT2D eigenvalue weighted by molar-refractivity contribution is 5.92. The van der Waals surface area contributed by atoms with Gasteiger partial charge in [-0.1, -0.05) is 5.21 Å². The molecule has 0 bridgehead atoms. The lowest BCUT2D eigenvalue weighted by Gasteiger charge is -2.32. The van der Waals surface area contributed by atoms with Crippen LogP contribution < -0.4 is 5.73 Å². The molecular formula is C22H27N7O2. The molecule has 1 aliphatic rings. The van der Waals surface area contributed by atoms with Gasteiger partial charge in [0.2, 0.25) is 5.91 Å². The number of nitrogens with two attached hydrogens (primary N) is 1. The van der Waals surface area contributed by atoms with Gasteiger partial charge in [0.25, 0.3) is 0 Å². The Hall–Kier alpha value is -3.20. The predicted molar refractivity (Wildman–Crippen MR) is 115 cm³/mol. The third kappa shape index (κ3) is 3.81. The second-order valence-corrected chi connectivity index (χ2v) is 8.46. The normalized spacial score (nSPS) is 19.3. The number of hydrogen-bond acceptors (Lipinski definition) is 6. The molecule has 1 amide bonds. The van der Waals surface area contributed by atoms with E-state index in [2.05, 4.69) is 20.3 Å². The summed E-state index contributed by atoms with van der Waals surface area (Å²) in [7, 11) is 0. The van der Waals surface area contributed by atoms with E-state index in [1.807, 2.05) is 36.2 Å². The van der Waals surface area contributed by atoms with E-state index >= 15 is 0 Å². The van der Waals surface area contributed by atoms with Gasteiger partial charge in [-0.05, 0) is 56.7 Å². The summed E-state index contributed by atoms with van der Waals surface area (Å²) in [6.45, 7) is 3.10. The van der Waals surface area contributed by atoms with E-state index in [-0.39, 0.29) is 12.5 Å². The van der Waals surface area contributed by atoms with Crippen molar-refractivity contribution in [2.24, 2.45) is 11.7 Å². The van der Waals surface area contributed by atoms with Crippen LogP contribution in [0.15, 0.2) is 35.1 Å². The number of aryl methyl sites for hydroxylation is 1. The number of nitrogens with zero attached hydrogens (tertiary/aromatic N) is 5. The fourth-order valence-electron chi connectivity index (χ4n) is 4.77. The molecule has 0 aliphatic heterocycles. The van der Waals surface area contributed by atoms with Crippen LogP contribution in [0, 0.1) is 12.8 Å². The Morgan fingerprint density at radius 3 is 2.87 bits per heavy atom. The van der Waals surface area contributed by atoms with Crippen molar-refractivity contribution in [3.05, 3.63) is 47.9 Å². The van der Waals surface area contributed by atoms with Crippen molar-refractivity contribution in [2.45, 2.75) is 45.1 Å². The van der Waals surface area contributed by atoms with Gasteiger partial charge in [-0.15, -0.1) is 5.10 Å². The summed E-state index contributed by atoms with van der Waals surface area (Å²) < 4.78 is 7.44. The van der Waals surface area contributed by atoms with E-state index in [9.17, 15) is 4.79 Å². The topological polar surface area (TPSA) is 118 Å². The molecule has 1 aliphatic carbocycles. The molecule has 0 radical (unpaired) electrons. The molecule has 4 aromatic rings. The molecule has 0 unspecified atom stereocenters. The van der Waals surface area contributed by atoms with Crippen LogP contribution in [0.2, 0.25) is 0 Å². The molecule has 0 spiro atoms. The molecular weight excluding hydrogens is 394 g/mol. The zero-order valence-electron chi connectivity index (χ0n) is 17.6. The van der Waals surface area contributed by atoms with Crippen molar-refractivity contribution < 1.29 is 9.21 Å². The summed E-state index contributed by atoms with van der Waals surface area (Å²) in [5.74, 6) is 2.41. The van der Waals surface area contributed by atoms with Gasteiger partial charge in [-0.2, -0.15) is 0 Å². The molecule has 0 saturated heterocycles. The van der Waals surface area contributed by atoms with E-state index in [1.54, 1.807) is 10.8 Å². The van der Waals surface area contributed by atoms with Crippen LogP contribution in [0.1, 0.15) is 48.8 Å². The summed E-state index contributed by atoms with van der Waals surface area (Å²) in [5, 5.41) is 9.84. The maximum atomic E-state index is 12.4. The van der Waals surface area contributed by atoms with Crippen LogP contribution in [0.3, 0.4) is 0 Å². The summed E-state index contributed by atoms with van der Waals surface area (Å²) in [5.41, 5.74) is 8.61. The number of aromatic amines is 1. The fraction of sp³-hybridized carbons (Fsp3) is 0.455. The van der Waals surface area contributed by atoms with Crippen molar-refractivity contribution in [2.75, 3.05) is 13.1 Å². The number of amides is 1. The highest BCUT2D eigenvalue weighted by Gasteiger charge is 2.29. The molecule has 5 rings (SSSR count). The van der Waals surface area contributed by atoms with E-state index in [0.29, 0.717) is 24.9 Å². The van der Waals surface area contributed by atoms with Crippen LogP contribution in [0.25, 0.3) is 16.6 Å². The summed E-state index contributed by atoms with van der Waals surface area (Å²) in [6.07, 6.45) is 7.74. The number of aromatic nitrogens is 5. The monoisotopic (exact) mass is 421 g/mol. The minimum atomic E-state index is -0.0391. The van der Waals surface area contributed by atoms with Gasteiger partial charge in [0, 0.05) is 24.0 Å². The minimum absolute atomic E-state index is 0.0159. The maximum absolute atomic E-state index is 12.4. The standard InChI is InChI=1S/C22H27N7O2/c1-14-2-7-17(31-14)12-28(19(30)10-23)11-15-3-5-16(6-4-15)20-21-18-8-9-24-22(18)25-13-29(21)27-26-20/h2,7-9,13,15-16,24H,3-6,10-12,23H2,1H3/t15-,16-. The number of fused-ring (bicyclic) bond motifs is 3. The molecule has 3 N–H and O–H groups in total. The molecule has 0 atom stereocenters. The lowest BCUT2D eigenvalue weighted by Crippen LogP contribution is -2.39. The Kier molecular flexibility index (Phi) is 5.19. The molecule has 1 saturated carbocycles. The maximum Gasteiger partial charge on any atom is 0.236 e. The van der Waals surface area contributed by atoms with E-state index in [1.165, 1.54) is 0 Å². The third-order valence-corrected chi connectivity index (χ3v) is 6.38. The molecule has 4 aromatic heterocycles. The van der Waals surface area contributed by atoms with Crippen LogP contribution >= 0.6 is 0 Å².